The molecule has 0 aliphatic carbocycles. The Kier molecular flexibility index (Phi) is 9.65. The van der Waals surface area contributed by atoms with Crippen LogP contribution in [0.1, 0.15) is 40.0 Å². The summed E-state index contributed by atoms with van der Waals surface area (Å²) in [5.41, 5.74) is 8.22. The Morgan fingerprint density at radius 3 is 2.45 bits per heavy atom. The first-order chi connectivity index (χ1) is 10.4. The number of carbonyl (C=O) groups excluding carboxylic acids is 2. The maximum absolute atomic E-state index is 12.2. The molecule has 8 heteroatoms. The third-order valence-electron chi connectivity index (χ3n) is 3.26. The van der Waals surface area contributed by atoms with Gasteiger partial charge in [0.2, 0.25) is 11.7 Å². The van der Waals surface area contributed by atoms with Crippen LogP contribution in [0.5, 0.6) is 0 Å². The van der Waals surface area contributed by atoms with Crippen molar-refractivity contribution in [1.82, 2.24) is 5.32 Å². The van der Waals surface area contributed by atoms with Gasteiger partial charge in [-0.2, -0.15) is 4.79 Å². The second-order valence-electron chi connectivity index (χ2n) is 4.91. The summed E-state index contributed by atoms with van der Waals surface area (Å²) >= 11 is 0. The Balaban J connectivity index is 4.77. The van der Waals surface area contributed by atoms with Crippen LogP contribution >= 0.6 is 0 Å². The molecule has 8 nitrogen and oxygen atoms in total. The lowest BCUT2D eigenvalue weighted by Crippen LogP contribution is -2.48. The highest BCUT2D eigenvalue weighted by atomic mass is 16.5. The van der Waals surface area contributed by atoms with E-state index in [0.29, 0.717) is 19.2 Å². The van der Waals surface area contributed by atoms with E-state index in [9.17, 15) is 14.4 Å². The Labute approximate surface area is 129 Å². The molecule has 0 aromatic carbocycles. The van der Waals surface area contributed by atoms with E-state index in [1.54, 1.807) is 6.92 Å². The number of ether oxygens (including phenoxy) is 1. The Morgan fingerprint density at radius 1 is 1.36 bits per heavy atom. The highest BCUT2D eigenvalue weighted by molar-refractivity contribution is 6.25. The van der Waals surface area contributed by atoms with E-state index in [0.717, 1.165) is 0 Å². The number of carbonyl (C=O) groups is 3. The number of nitrogens with one attached hydrogen (secondary N) is 1. The molecule has 2 N–H and O–H groups in total. The zero-order valence-corrected chi connectivity index (χ0v) is 13.1. The van der Waals surface area contributed by atoms with E-state index in [1.807, 2.05) is 13.8 Å². The summed E-state index contributed by atoms with van der Waals surface area (Å²) in [6, 6.07) is -1.20. The van der Waals surface area contributed by atoms with Gasteiger partial charge in [0.15, 0.2) is 0 Å². The lowest BCUT2D eigenvalue weighted by atomic mass is 10.00. The maximum atomic E-state index is 12.2. The first kappa shape index (κ1) is 19.9. The highest BCUT2D eigenvalue weighted by Crippen LogP contribution is 2.12. The standard InChI is InChI=1S/C14H23N3O5/c1-4-9(3)12(22-5-2)13(19)17-11(14(20)21)7-6-10(18)8-16-15/h8-9,11-12H,4-7H2,1-3H3,(H,17,19)(H,20,21). The molecule has 1 amide bonds. The Hall–Kier alpha value is -2.05. The van der Waals surface area contributed by atoms with Crippen molar-refractivity contribution < 1.29 is 29.0 Å². The van der Waals surface area contributed by atoms with E-state index in [-0.39, 0.29) is 18.8 Å². The van der Waals surface area contributed by atoms with Crippen molar-refractivity contribution in [2.75, 3.05) is 6.61 Å². The second-order valence-corrected chi connectivity index (χ2v) is 4.91. The SMILES string of the molecule is CCOC(C(=O)NC(CCC(=O)C=[N+]=[N-])C(=O)O)C(C)CC. The van der Waals surface area contributed by atoms with Gasteiger partial charge in [-0.05, 0) is 19.3 Å². The van der Waals surface area contributed by atoms with Gasteiger partial charge >= 0.3 is 12.2 Å². The number of hydrogen-bond donors (Lipinski definition) is 2. The van der Waals surface area contributed by atoms with Crippen molar-refractivity contribution in [3.8, 4) is 0 Å². The third-order valence-corrected chi connectivity index (χ3v) is 3.26. The van der Waals surface area contributed by atoms with Gasteiger partial charge < -0.3 is 20.7 Å². The van der Waals surface area contributed by atoms with Crippen LogP contribution < -0.4 is 5.32 Å². The molecule has 22 heavy (non-hydrogen) atoms. The van der Waals surface area contributed by atoms with Crippen LogP contribution in [0.3, 0.4) is 0 Å². The monoisotopic (exact) mass is 313 g/mol. The summed E-state index contributed by atoms with van der Waals surface area (Å²) in [4.78, 5) is 37.1. The summed E-state index contributed by atoms with van der Waals surface area (Å²) in [5.74, 6) is -2.32. The number of ketones is 1. The number of rotatable bonds is 11. The summed E-state index contributed by atoms with van der Waals surface area (Å²) in [6.07, 6.45) is 0.436. The van der Waals surface area contributed by atoms with E-state index in [4.69, 9.17) is 15.4 Å². The minimum atomic E-state index is -1.23. The quantitative estimate of drug-likeness (QED) is 0.329. The number of nitrogens with zero attached hydrogens (tertiary/aromatic N) is 2. The highest BCUT2D eigenvalue weighted by Gasteiger charge is 2.29. The lowest BCUT2D eigenvalue weighted by molar-refractivity contribution is -0.145. The molecule has 3 unspecified atom stereocenters. The predicted octanol–water partition coefficient (Wildman–Crippen LogP) is 0.657. The molecule has 0 saturated heterocycles. The first-order valence-corrected chi connectivity index (χ1v) is 7.22. The van der Waals surface area contributed by atoms with E-state index >= 15 is 0 Å². The van der Waals surface area contributed by atoms with Crippen molar-refractivity contribution >= 4 is 23.9 Å². The summed E-state index contributed by atoms with van der Waals surface area (Å²) < 4.78 is 5.38. The van der Waals surface area contributed by atoms with Crippen LogP contribution in [0.25, 0.3) is 5.53 Å². The molecular weight excluding hydrogens is 290 g/mol. The van der Waals surface area contributed by atoms with Crippen LogP contribution in [0.2, 0.25) is 0 Å². The van der Waals surface area contributed by atoms with Crippen LogP contribution in [0.15, 0.2) is 0 Å². The van der Waals surface area contributed by atoms with Crippen LogP contribution in [-0.2, 0) is 19.1 Å². The number of carboxylic acid groups (broad SMARTS) is 1. The van der Waals surface area contributed by atoms with Crippen LogP contribution in [-0.4, -0.2) is 52.5 Å². The molecule has 0 rings (SSSR count). The largest absolute Gasteiger partial charge is 0.480 e. The number of carboxylic acids is 1. The van der Waals surface area contributed by atoms with Gasteiger partial charge in [-0.3, -0.25) is 9.59 Å². The molecule has 0 saturated carbocycles. The van der Waals surface area contributed by atoms with Crippen molar-refractivity contribution in [3.63, 3.8) is 0 Å². The van der Waals surface area contributed by atoms with Gasteiger partial charge in [-0.15, -0.1) is 0 Å². The molecule has 0 aliphatic heterocycles. The number of hydrogen-bond acceptors (Lipinski definition) is 4. The lowest BCUT2D eigenvalue weighted by Gasteiger charge is -2.24. The van der Waals surface area contributed by atoms with E-state index in [2.05, 4.69) is 10.1 Å². The second kappa shape index (κ2) is 10.6. The Morgan fingerprint density at radius 2 is 2.00 bits per heavy atom. The van der Waals surface area contributed by atoms with Gasteiger partial charge in [0.25, 0.3) is 0 Å². The van der Waals surface area contributed by atoms with Gasteiger partial charge in [-0.25, -0.2) is 4.79 Å². The number of aliphatic carboxylic acids is 1. The molecular formula is C14H23N3O5. The minimum Gasteiger partial charge on any atom is -0.480 e. The fraction of sp³-hybridized carbons (Fsp3) is 0.714. The third kappa shape index (κ3) is 7.10. The van der Waals surface area contributed by atoms with E-state index in [1.165, 1.54) is 0 Å². The minimum absolute atomic E-state index is 0.0578. The average molecular weight is 313 g/mol. The average Bonchev–Trinajstić information content (AvgIpc) is 2.47. The number of amides is 1. The fourth-order valence-electron chi connectivity index (χ4n) is 1.82. The first-order valence-electron chi connectivity index (χ1n) is 7.22. The smallest absolute Gasteiger partial charge is 0.326 e. The van der Waals surface area contributed by atoms with Crippen LogP contribution in [0.4, 0.5) is 0 Å². The van der Waals surface area contributed by atoms with Crippen molar-refractivity contribution in [2.24, 2.45) is 5.92 Å². The normalized spacial score (nSPS) is 14.3. The summed E-state index contributed by atoms with van der Waals surface area (Å²) in [7, 11) is 0. The molecule has 0 spiro atoms. The summed E-state index contributed by atoms with van der Waals surface area (Å²) in [5, 5.41) is 11.5. The van der Waals surface area contributed by atoms with Crippen molar-refractivity contribution in [2.45, 2.75) is 52.2 Å². The van der Waals surface area contributed by atoms with Gasteiger partial charge in [-0.1, -0.05) is 20.3 Å². The zero-order valence-electron chi connectivity index (χ0n) is 13.1. The topological polar surface area (TPSA) is 129 Å². The van der Waals surface area contributed by atoms with Gasteiger partial charge in [0.1, 0.15) is 12.1 Å². The fourth-order valence-corrected chi connectivity index (χ4v) is 1.82. The van der Waals surface area contributed by atoms with Gasteiger partial charge in [0, 0.05) is 13.0 Å². The van der Waals surface area contributed by atoms with Gasteiger partial charge in [0.05, 0.1) is 0 Å². The van der Waals surface area contributed by atoms with Crippen molar-refractivity contribution in [3.05, 3.63) is 5.53 Å². The van der Waals surface area contributed by atoms with Crippen LogP contribution in [0, 0.1) is 5.92 Å². The number of Topliss-reactive ketones (excluding diaryl/α,β-unsaturated/α-hetero) is 1. The molecule has 0 radical (unpaired) electrons. The molecule has 3 atom stereocenters. The van der Waals surface area contributed by atoms with Crippen molar-refractivity contribution in [1.29, 1.82) is 0 Å². The summed E-state index contributed by atoms with van der Waals surface area (Å²) in [6.45, 7) is 5.85. The Bertz CT molecular complexity index is 446. The molecule has 0 aromatic heterocycles. The zero-order chi connectivity index (χ0) is 17.1. The maximum Gasteiger partial charge on any atom is 0.326 e. The predicted molar refractivity (Wildman–Crippen MR) is 78.4 cm³/mol. The molecule has 0 aromatic rings. The molecule has 0 fully saturated rings. The molecule has 124 valence electrons. The molecule has 0 aliphatic rings. The van der Waals surface area contributed by atoms with E-state index < -0.39 is 29.8 Å². The molecule has 0 bridgehead atoms. The molecule has 0 heterocycles.